The lowest BCUT2D eigenvalue weighted by molar-refractivity contribution is -0.136. The van der Waals surface area contributed by atoms with Gasteiger partial charge in [0.25, 0.3) is 11.8 Å². The van der Waals surface area contributed by atoms with E-state index in [4.69, 9.17) is 9.84 Å². The lowest BCUT2D eigenvalue weighted by Gasteiger charge is -2.35. The fourth-order valence-corrected chi connectivity index (χ4v) is 6.06. The van der Waals surface area contributed by atoms with Crippen molar-refractivity contribution in [2.75, 3.05) is 19.0 Å². The second-order valence-corrected chi connectivity index (χ2v) is 11.3. The largest absolute Gasteiger partial charge is 0.497 e. The standard InChI is InChI=1S/C30H30N6O5/c1-41-20-8-9-31-24(13-20)23-15-35(34-27(23)17-2-3-17)19-10-16(11-19)14-32-18-4-5-21-22(12-18)30(40)36(29(21)39)25-6-7-26(37)33-28(25)38/h4-5,8-9,12-13,15-17,19,25,32H,2-3,6-7,10-11,14H2,1H3,(H,33,37,38)/t16-,19-,25?. The molecule has 4 amide bonds. The molecule has 210 valence electrons. The number of aromatic nitrogens is 3. The van der Waals surface area contributed by atoms with Gasteiger partial charge in [0.1, 0.15) is 11.8 Å². The number of carbonyl (C=O) groups is 4. The summed E-state index contributed by atoms with van der Waals surface area (Å²) in [5, 5.41) is 10.6. The minimum Gasteiger partial charge on any atom is -0.497 e. The van der Waals surface area contributed by atoms with E-state index in [1.807, 2.05) is 12.1 Å². The summed E-state index contributed by atoms with van der Waals surface area (Å²) >= 11 is 0. The van der Waals surface area contributed by atoms with Gasteiger partial charge in [-0.15, -0.1) is 0 Å². The zero-order valence-electron chi connectivity index (χ0n) is 22.6. The first kappa shape index (κ1) is 25.4. The Morgan fingerprint density at radius 2 is 1.80 bits per heavy atom. The molecule has 1 atom stereocenters. The molecule has 3 fully saturated rings. The van der Waals surface area contributed by atoms with Crippen molar-refractivity contribution in [1.82, 2.24) is 25.0 Å². The third kappa shape index (κ3) is 4.55. The Kier molecular flexibility index (Phi) is 6.09. The maximum absolute atomic E-state index is 13.1. The van der Waals surface area contributed by atoms with Gasteiger partial charge in [0.2, 0.25) is 11.8 Å². The molecule has 11 heteroatoms. The van der Waals surface area contributed by atoms with Crippen LogP contribution in [-0.2, 0) is 9.59 Å². The molecule has 4 heterocycles. The van der Waals surface area contributed by atoms with E-state index in [0.29, 0.717) is 17.9 Å². The van der Waals surface area contributed by atoms with Crippen LogP contribution in [0.1, 0.15) is 76.9 Å². The summed E-state index contributed by atoms with van der Waals surface area (Å²) in [6, 6.07) is 8.26. The molecule has 2 saturated carbocycles. The molecule has 2 aliphatic carbocycles. The number of nitrogens with zero attached hydrogens (tertiary/aromatic N) is 4. The molecule has 7 rings (SSSR count). The highest BCUT2D eigenvalue weighted by Gasteiger charge is 2.44. The SMILES string of the molecule is COc1ccnc(-c2cn([C@H]3C[C@H](CNc4ccc5c(c4)C(=O)N(C4CCC(=O)NC4=O)C5=O)C3)nc2C2CC2)c1. The fourth-order valence-electron chi connectivity index (χ4n) is 6.06. The van der Waals surface area contributed by atoms with Gasteiger partial charge in [-0.2, -0.15) is 5.10 Å². The first-order valence-electron chi connectivity index (χ1n) is 14.1. The van der Waals surface area contributed by atoms with Crippen LogP contribution in [0.25, 0.3) is 11.3 Å². The van der Waals surface area contributed by atoms with Crippen molar-refractivity contribution >= 4 is 29.3 Å². The number of hydrogen-bond acceptors (Lipinski definition) is 8. The molecule has 11 nitrogen and oxygen atoms in total. The number of methoxy groups -OCH3 is 1. The maximum atomic E-state index is 13.1. The van der Waals surface area contributed by atoms with E-state index >= 15 is 0 Å². The predicted molar refractivity (Wildman–Crippen MR) is 147 cm³/mol. The number of pyridine rings is 1. The van der Waals surface area contributed by atoms with Crippen LogP contribution in [0.4, 0.5) is 5.69 Å². The van der Waals surface area contributed by atoms with Crippen LogP contribution in [0, 0.1) is 5.92 Å². The van der Waals surface area contributed by atoms with Crippen molar-refractivity contribution in [3.05, 3.63) is 59.5 Å². The number of imide groups is 2. The van der Waals surface area contributed by atoms with E-state index in [1.165, 1.54) is 0 Å². The minimum atomic E-state index is -0.966. The van der Waals surface area contributed by atoms with Gasteiger partial charge in [0, 0.05) is 48.6 Å². The number of benzene rings is 1. The fraction of sp³-hybridized carbons (Fsp3) is 0.400. The summed E-state index contributed by atoms with van der Waals surface area (Å²) < 4.78 is 7.49. The minimum absolute atomic E-state index is 0.0959. The average Bonchev–Trinajstić information content (AvgIpc) is 3.66. The van der Waals surface area contributed by atoms with Crippen LogP contribution in [0.15, 0.2) is 42.7 Å². The molecule has 1 saturated heterocycles. The number of hydrogen-bond donors (Lipinski definition) is 2. The first-order valence-corrected chi connectivity index (χ1v) is 14.1. The number of fused-ring (bicyclic) bond motifs is 1. The molecule has 3 aromatic rings. The smallest absolute Gasteiger partial charge is 0.262 e. The van der Waals surface area contributed by atoms with E-state index in [1.54, 1.807) is 31.5 Å². The van der Waals surface area contributed by atoms with E-state index in [0.717, 1.165) is 65.5 Å². The number of amides is 4. The number of rotatable bonds is 8. The van der Waals surface area contributed by atoms with Crippen molar-refractivity contribution < 1.29 is 23.9 Å². The van der Waals surface area contributed by atoms with Gasteiger partial charge in [-0.1, -0.05) is 0 Å². The molecule has 41 heavy (non-hydrogen) atoms. The Bertz CT molecular complexity index is 1590. The second-order valence-electron chi connectivity index (χ2n) is 11.3. The van der Waals surface area contributed by atoms with Crippen LogP contribution in [0.2, 0.25) is 0 Å². The van der Waals surface area contributed by atoms with Crippen LogP contribution < -0.4 is 15.4 Å². The van der Waals surface area contributed by atoms with Crippen LogP contribution in [0.5, 0.6) is 5.75 Å². The molecular formula is C30H30N6O5. The molecule has 0 spiro atoms. The molecule has 2 aliphatic heterocycles. The molecule has 2 N–H and O–H groups in total. The Morgan fingerprint density at radius 1 is 1.00 bits per heavy atom. The summed E-state index contributed by atoms with van der Waals surface area (Å²) in [7, 11) is 1.66. The summed E-state index contributed by atoms with van der Waals surface area (Å²) in [6.45, 7) is 0.731. The Labute approximate surface area is 236 Å². The number of piperidine rings is 1. The van der Waals surface area contributed by atoms with Gasteiger partial charge in [-0.25, -0.2) is 0 Å². The van der Waals surface area contributed by atoms with Gasteiger partial charge >= 0.3 is 0 Å². The van der Waals surface area contributed by atoms with Crippen molar-refractivity contribution in [3.8, 4) is 17.0 Å². The third-order valence-electron chi connectivity index (χ3n) is 8.59. The Hall–Kier alpha value is -4.54. The highest BCUT2D eigenvalue weighted by atomic mass is 16.5. The van der Waals surface area contributed by atoms with E-state index in [-0.39, 0.29) is 24.0 Å². The quantitative estimate of drug-likeness (QED) is 0.405. The van der Waals surface area contributed by atoms with Crippen LogP contribution in [-0.4, -0.2) is 63.0 Å². The lowest BCUT2D eigenvalue weighted by atomic mass is 9.80. The van der Waals surface area contributed by atoms with Crippen molar-refractivity contribution in [1.29, 1.82) is 0 Å². The van der Waals surface area contributed by atoms with Gasteiger partial charge < -0.3 is 10.1 Å². The zero-order chi connectivity index (χ0) is 28.2. The van der Waals surface area contributed by atoms with Crippen molar-refractivity contribution in [2.45, 2.75) is 56.5 Å². The van der Waals surface area contributed by atoms with E-state index in [2.05, 4.69) is 26.5 Å². The van der Waals surface area contributed by atoms with Crippen LogP contribution >= 0.6 is 0 Å². The third-order valence-corrected chi connectivity index (χ3v) is 8.59. The second kappa shape index (κ2) is 9.83. The monoisotopic (exact) mass is 554 g/mol. The molecule has 0 radical (unpaired) electrons. The van der Waals surface area contributed by atoms with Gasteiger partial charge in [-0.3, -0.25) is 39.1 Å². The highest BCUT2D eigenvalue weighted by molar-refractivity contribution is 6.23. The predicted octanol–water partition coefficient (Wildman–Crippen LogP) is 3.30. The normalized spacial score (nSPS) is 23.7. The number of ether oxygens (including phenoxy) is 1. The molecule has 0 bridgehead atoms. The van der Waals surface area contributed by atoms with Gasteiger partial charge in [0.05, 0.1) is 35.7 Å². The van der Waals surface area contributed by atoms with E-state index < -0.39 is 29.7 Å². The zero-order valence-corrected chi connectivity index (χ0v) is 22.6. The maximum Gasteiger partial charge on any atom is 0.262 e. The molecule has 2 aromatic heterocycles. The molecule has 1 aromatic carbocycles. The molecule has 1 unspecified atom stereocenters. The number of nitrogens with one attached hydrogen (secondary N) is 2. The summed E-state index contributed by atoms with van der Waals surface area (Å²) in [5.74, 6) is -0.283. The average molecular weight is 555 g/mol. The highest BCUT2D eigenvalue weighted by Crippen LogP contribution is 2.46. The summed E-state index contributed by atoms with van der Waals surface area (Å²) in [4.78, 5) is 55.4. The summed E-state index contributed by atoms with van der Waals surface area (Å²) in [5.41, 5.74) is 4.39. The van der Waals surface area contributed by atoms with Crippen molar-refractivity contribution in [2.24, 2.45) is 5.92 Å². The summed E-state index contributed by atoms with van der Waals surface area (Å²) in [6.07, 6.45) is 8.41. The molecular weight excluding hydrogens is 524 g/mol. The van der Waals surface area contributed by atoms with E-state index in [9.17, 15) is 19.2 Å². The Balaban J connectivity index is 0.989. The van der Waals surface area contributed by atoms with Crippen LogP contribution in [0.3, 0.4) is 0 Å². The molecule has 4 aliphatic rings. The van der Waals surface area contributed by atoms with Gasteiger partial charge in [0.15, 0.2) is 0 Å². The Morgan fingerprint density at radius 3 is 2.56 bits per heavy atom. The number of carbonyl (C=O) groups excluding carboxylic acids is 4. The number of anilines is 1. The lowest BCUT2D eigenvalue weighted by Crippen LogP contribution is -2.54. The van der Waals surface area contributed by atoms with Crippen molar-refractivity contribution in [3.63, 3.8) is 0 Å². The first-order chi connectivity index (χ1) is 19.9. The van der Waals surface area contributed by atoms with Gasteiger partial charge in [-0.05, 0) is 62.3 Å². The topological polar surface area (TPSA) is 136 Å².